The van der Waals surface area contributed by atoms with Gasteiger partial charge in [0.05, 0.1) is 19.1 Å². The van der Waals surface area contributed by atoms with E-state index >= 15 is 0 Å². The van der Waals surface area contributed by atoms with Gasteiger partial charge in [0.15, 0.2) is 17.3 Å². The van der Waals surface area contributed by atoms with Crippen LogP contribution in [0, 0.1) is 10.1 Å². The predicted octanol–water partition coefficient (Wildman–Crippen LogP) is 2.84. The average molecular weight is 287 g/mol. The summed E-state index contributed by atoms with van der Waals surface area (Å²) in [7, 11) is 2.99. The van der Waals surface area contributed by atoms with Crippen molar-refractivity contribution in [2.75, 3.05) is 14.2 Å². The van der Waals surface area contributed by atoms with E-state index in [9.17, 15) is 14.9 Å². The normalized spacial score (nSPS) is 10.0. The highest BCUT2D eigenvalue weighted by molar-refractivity contribution is 6.09. The average Bonchev–Trinajstić information content (AvgIpc) is 2.53. The molecule has 2 aromatic carbocycles. The van der Waals surface area contributed by atoms with Gasteiger partial charge in [-0.15, -0.1) is 0 Å². The van der Waals surface area contributed by atoms with E-state index in [2.05, 4.69) is 0 Å². The Kier molecular flexibility index (Phi) is 4.18. The minimum absolute atomic E-state index is 0.0566. The van der Waals surface area contributed by atoms with Crippen LogP contribution in [-0.2, 0) is 0 Å². The standard InChI is InChI=1S/C15H13NO5/c1-20-13-8-5-11(9-14(13)21-2)15(17)10-3-6-12(7-4-10)16(18)19/h3-9H,1-2H3. The molecule has 0 saturated heterocycles. The van der Waals surface area contributed by atoms with Crippen LogP contribution in [0.5, 0.6) is 11.5 Å². The second-order valence-corrected chi connectivity index (χ2v) is 4.20. The molecule has 0 unspecified atom stereocenters. The largest absolute Gasteiger partial charge is 0.493 e. The lowest BCUT2D eigenvalue weighted by molar-refractivity contribution is -0.384. The third kappa shape index (κ3) is 3.00. The lowest BCUT2D eigenvalue weighted by atomic mass is 10.0. The van der Waals surface area contributed by atoms with Crippen molar-refractivity contribution < 1.29 is 19.2 Å². The number of hydrogen-bond donors (Lipinski definition) is 0. The highest BCUT2D eigenvalue weighted by Crippen LogP contribution is 2.28. The number of ether oxygens (including phenoxy) is 2. The van der Waals surface area contributed by atoms with Gasteiger partial charge >= 0.3 is 0 Å². The SMILES string of the molecule is COc1ccc(C(=O)c2ccc([N+](=O)[O-])cc2)cc1OC. The van der Waals surface area contributed by atoms with Crippen LogP contribution in [0.15, 0.2) is 42.5 Å². The maximum Gasteiger partial charge on any atom is 0.269 e. The molecule has 0 amide bonds. The molecule has 0 radical (unpaired) electrons. The molecule has 0 aliphatic carbocycles. The predicted molar refractivity (Wildman–Crippen MR) is 76.1 cm³/mol. The highest BCUT2D eigenvalue weighted by atomic mass is 16.6. The van der Waals surface area contributed by atoms with Gasteiger partial charge in [-0.1, -0.05) is 0 Å². The number of hydrogen-bond acceptors (Lipinski definition) is 5. The summed E-state index contributed by atoms with van der Waals surface area (Å²) in [4.78, 5) is 22.4. The van der Waals surface area contributed by atoms with Crippen LogP contribution >= 0.6 is 0 Å². The summed E-state index contributed by atoms with van der Waals surface area (Å²) >= 11 is 0. The number of nitro groups is 1. The molecule has 6 nitrogen and oxygen atoms in total. The fourth-order valence-electron chi connectivity index (χ4n) is 1.88. The van der Waals surface area contributed by atoms with E-state index < -0.39 is 4.92 Å². The maximum absolute atomic E-state index is 12.3. The minimum atomic E-state index is -0.509. The molecule has 21 heavy (non-hydrogen) atoms. The van der Waals surface area contributed by atoms with Gasteiger partial charge < -0.3 is 9.47 Å². The molecule has 0 spiro atoms. The monoisotopic (exact) mass is 287 g/mol. The third-order valence-corrected chi connectivity index (χ3v) is 2.99. The summed E-state index contributed by atoms with van der Waals surface area (Å²) in [6.07, 6.45) is 0. The Morgan fingerprint density at radius 1 is 0.952 bits per heavy atom. The summed E-state index contributed by atoms with van der Waals surface area (Å²) < 4.78 is 10.3. The molecule has 0 N–H and O–H groups in total. The molecule has 108 valence electrons. The Hall–Kier alpha value is -2.89. The van der Waals surface area contributed by atoms with Crippen LogP contribution in [-0.4, -0.2) is 24.9 Å². The molecule has 0 saturated carbocycles. The van der Waals surface area contributed by atoms with Crippen LogP contribution in [0.4, 0.5) is 5.69 Å². The number of non-ortho nitro benzene ring substituents is 1. The van der Waals surface area contributed by atoms with Crippen LogP contribution in [0.2, 0.25) is 0 Å². The van der Waals surface area contributed by atoms with E-state index in [1.807, 2.05) is 0 Å². The first-order valence-electron chi connectivity index (χ1n) is 6.08. The molecule has 0 aliphatic heterocycles. The first-order chi connectivity index (χ1) is 10.1. The van der Waals surface area contributed by atoms with Gasteiger partial charge in [0, 0.05) is 23.3 Å². The zero-order valence-electron chi connectivity index (χ0n) is 11.5. The van der Waals surface area contributed by atoms with E-state index in [4.69, 9.17) is 9.47 Å². The van der Waals surface area contributed by atoms with Crippen LogP contribution in [0.1, 0.15) is 15.9 Å². The Labute approximate surface area is 121 Å². The first-order valence-corrected chi connectivity index (χ1v) is 6.08. The summed E-state index contributed by atoms with van der Waals surface area (Å²) in [5.74, 6) is 0.730. The van der Waals surface area contributed by atoms with Crippen molar-refractivity contribution in [3.8, 4) is 11.5 Å². The number of rotatable bonds is 5. The Morgan fingerprint density at radius 2 is 1.52 bits per heavy atom. The van der Waals surface area contributed by atoms with Crippen molar-refractivity contribution in [3.05, 3.63) is 63.7 Å². The van der Waals surface area contributed by atoms with Crippen molar-refractivity contribution in [2.24, 2.45) is 0 Å². The molecule has 2 rings (SSSR count). The molecule has 0 atom stereocenters. The van der Waals surface area contributed by atoms with E-state index in [0.29, 0.717) is 22.6 Å². The van der Waals surface area contributed by atoms with Crippen molar-refractivity contribution in [1.29, 1.82) is 0 Å². The number of methoxy groups -OCH3 is 2. The Bertz CT molecular complexity index is 679. The highest BCUT2D eigenvalue weighted by Gasteiger charge is 2.14. The zero-order chi connectivity index (χ0) is 15.4. The van der Waals surface area contributed by atoms with E-state index in [1.54, 1.807) is 18.2 Å². The number of ketones is 1. The Morgan fingerprint density at radius 3 is 2.05 bits per heavy atom. The lowest BCUT2D eigenvalue weighted by Gasteiger charge is -2.09. The zero-order valence-corrected chi connectivity index (χ0v) is 11.5. The second-order valence-electron chi connectivity index (χ2n) is 4.20. The number of carbonyl (C=O) groups excluding carboxylic acids is 1. The van der Waals surface area contributed by atoms with E-state index in [-0.39, 0.29) is 11.5 Å². The van der Waals surface area contributed by atoms with Gasteiger partial charge in [-0.2, -0.15) is 0 Å². The fraction of sp³-hybridized carbons (Fsp3) is 0.133. The van der Waals surface area contributed by atoms with E-state index in [0.717, 1.165) is 0 Å². The molecule has 0 aliphatic rings. The van der Waals surface area contributed by atoms with Crippen molar-refractivity contribution in [3.63, 3.8) is 0 Å². The summed E-state index contributed by atoms with van der Waals surface area (Å²) in [6, 6.07) is 10.3. The van der Waals surface area contributed by atoms with Gasteiger partial charge in [-0.05, 0) is 30.3 Å². The summed E-state index contributed by atoms with van der Waals surface area (Å²) in [6.45, 7) is 0. The molecular formula is C15H13NO5. The first kappa shape index (κ1) is 14.5. The number of carbonyl (C=O) groups is 1. The molecule has 0 heterocycles. The number of nitrogens with zero attached hydrogens (tertiary/aromatic N) is 1. The van der Waals surface area contributed by atoms with Gasteiger partial charge in [0.25, 0.3) is 5.69 Å². The van der Waals surface area contributed by atoms with Crippen molar-refractivity contribution in [2.45, 2.75) is 0 Å². The van der Waals surface area contributed by atoms with Crippen LogP contribution in [0.3, 0.4) is 0 Å². The van der Waals surface area contributed by atoms with Crippen LogP contribution in [0.25, 0.3) is 0 Å². The molecule has 0 aromatic heterocycles. The summed E-state index contributed by atoms with van der Waals surface area (Å²) in [5.41, 5.74) is 0.730. The number of benzene rings is 2. The second kappa shape index (κ2) is 6.04. The van der Waals surface area contributed by atoms with Gasteiger partial charge in [-0.25, -0.2) is 0 Å². The fourth-order valence-corrected chi connectivity index (χ4v) is 1.88. The quantitative estimate of drug-likeness (QED) is 0.480. The minimum Gasteiger partial charge on any atom is -0.493 e. The maximum atomic E-state index is 12.3. The lowest BCUT2D eigenvalue weighted by Crippen LogP contribution is -2.02. The molecule has 0 fully saturated rings. The van der Waals surface area contributed by atoms with Crippen molar-refractivity contribution >= 4 is 11.5 Å². The van der Waals surface area contributed by atoms with E-state index in [1.165, 1.54) is 38.5 Å². The van der Waals surface area contributed by atoms with Gasteiger partial charge in [0.1, 0.15) is 0 Å². The topological polar surface area (TPSA) is 78.7 Å². The third-order valence-electron chi connectivity index (χ3n) is 2.99. The number of nitro benzene ring substituents is 1. The smallest absolute Gasteiger partial charge is 0.269 e. The van der Waals surface area contributed by atoms with Crippen LogP contribution < -0.4 is 9.47 Å². The molecule has 6 heteroatoms. The molecule has 0 bridgehead atoms. The summed E-state index contributed by atoms with van der Waals surface area (Å²) in [5, 5.41) is 10.6. The van der Waals surface area contributed by atoms with Gasteiger partial charge in [0.2, 0.25) is 0 Å². The Balaban J connectivity index is 2.33. The molecule has 2 aromatic rings. The van der Waals surface area contributed by atoms with Gasteiger partial charge in [-0.3, -0.25) is 14.9 Å². The molecular weight excluding hydrogens is 274 g/mol. The van der Waals surface area contributed by atoms with Crippen molar-refractivity contribution in [1.82, 2.24) is 0 Å².